The molecule has 4 rings (SSSR count). The summed E-state index contributed by atoms with van der Waals surface area (Å²) in [7, 11) is -3.42. The van der Waals surface area contributed by atoms with Crippen molar-refractivity contribution in [2.75, 3.05) is 12.9 Å². The molecule has 2 N–H and O–H groups in total. The van der Waals surface area contributed by atoms with E-state index in [1.807, 2.05) is 6.07 Å². The Kier molecular flexibility index (Phi) is 5.61. The lowest BCUT2D eigenvalue weighted by molar-refractivity contribution is -0.00900. The molecule has 3 fully saturated rings. The third-order valence-electron chi connectivity index (χ3n) is 6.75. The molecule has 8 heteroatoms. The first-order chi connectivity index (χ1) is 13.8. The fraction of sp³-hybridized carbons (Fsp3) is 0.667. The fourth-order valence-electron chi connectivity index (χ4n) is 5.22. The molecule has 1 heterocycles. The van der Waals surface area contributed by atoms with Crippen molar-refractivity contribution in [3.63, 3.8) is 0 Å². The molecule has 1 spiro atoms. The molecule has 7 nitrogen and oxygen atoms in total. The number of likely N-dealkylation sites (tertiary alicyclic amines) is 1. The number of rotatable bonds is 6. The van der Waals surface area contributed by atoms with Gasteiger partial charge in [-0.2, -0.15) is 0 Å². The van der Waals surface area contributed by atoms with Gasteiger partial charge < -0.3 is 9.84 Å². The van der Waals surface area contributed by atoms with Crippen LogP contribution in [0.3, 0.4) is 0 Å². The molecule has 1 aromatic rings. The summed E-state index contributed by atoms with van der Waals surface area (Å²) in [6.45, 7) is 0.238. The molecule has 0 unspecified atom stereocenters. The summed E-state index contributed by atoms with van der Waals surface area (Å²) >= 11 is 0. The number of sulfonamides is 1. The van der Waals surface area contributed by atoms with Crippen LogP contribution >= 0.6 is 0 Å². The van der Waals surface area contributed by atoms with Gasteiger partial charge >= 0.3 is 6.09 Å². The summed E-state index contributed by atoms with van der Waals surface area (Å²) in [6, 6.07) is 9.61. The van der Waals surface area contributed by atoms with Gasteiger partial charge in [-0.25, -0.2) is 17.9 Å². The van der Waals surface area contributed by atoms with E-state index < -0.39 is 33.7 Å². The van der Waals surface area contributed by atoms with E-state index in [0.717, 1.165) is 44.8 Å². The summed E-state index contributed by atoms with van der Waals surface area (Å²) < 4.78 is 32.4. The van der Waals surface area contributed by atoms with E-state index in [-0.39, 0.29) is 12.7 Å². The number of nitrogens with zero attached hydrogens (tertiary/aromatic N) is 1. The van der Waals surface area contributed by atoms with Crippen LogP contribution in [0.25, 0.3) is 0 Å². The molecule has 3 aliphatic rings. The third-order valence-corrected chi connectivity index (χ3v) is 7.48. The molecule has 29 heavy (non-hydrogen) atoms. The highest BCUT2D eigenvalue weighted by Gasteiger charge is 2.61. The second-order valence-corrected chi connectivity index (χ2v) is 10.6. The predicted molar refractivity (Wildman–Crippen MR) is 109 cm³/mol. The quantitative estimate of drug-likeness (QED) is 0.735. The molecule has 1 aromatic carbocycles. The minimum atomic E-state index is -3.42. The van der Waals surface area contributed by atoms with Gasteiger partial charge in [0, 0.05) is 11.6 Å². The van der Waals surface area contributed by atoms with Crippen molar-refractivity contribution in [2.24, 2.45) is 0 Å². The first-order valence-electron chi connectivity index (χ1n) is 10.4. The second-order valence-electron chi connectivity index (χ2n) is 8.86. The fourth-order valence-corrected chi connectivity index (χ4v) is 6.01. The molecule has 0 aromatic heterocycles. The van der Waals surface area contributed by atoms with Crippen LogP contribution in [-0.4, -0.2) is 61.1 Å². The number of benzene rings is 1. The van der Waals surface area contributed by atoms with Gasteiger partial charge in [0.25, 0.3) is 0 Å². The molecule has 2 saturated carbocycles. The summed E-state index contributed by atoms with van der Waals surface area (Å²) in [5.41, 5.74) is 0.958. The Morgan fingerprint density at radius 2 is 1.86 bits per heavy atom. The van der Waals surface area contributed by atoms with Crippen molar-refractivity contribution in [3.05, 3.63) is 35.9 Å². The number of nitrogens with one attached hydrogen (secondary N) is 1. The minimum absolute atomic E-state index is 0.0974. The van der Waals surface area contributed by atoms with Crippen molar-refractivity contribution in [2.45, 2.75) is 74.6 Å². The summed E-state index contributed by atoms with van der Waals surface area (Å²) in [5.74, 6) is 0.549. The third kappa shape index (κ3) is 4.59. The van der Waals surface area contributed by atoms with E-state index >= 15 is 0 Å². The molecule has 0 bridgehead atoms. The SMILES string of the molecule is CS(=O)(=O)N[C@H]1CC2(CC2)N(C(=O)O)[C@H]1COC1CCC(c2ccccc2)CC1. The monoisotopic (exact) mass is 422 g/mol. The molecule has 1 aliphatic heterocycles. The largest absolute Gasteiger partial charge is 0.465 e. The molecule has 0 radical (unpaired) electrons. The van der Waals surface area contributed by atoms with Crippen molar-refractivity contribution < 1.29 is 23.1 Å². The molecule has 160 valence electrons. The maximum Gasteiger partial charge on any atom is 0.408 e. The Hall–Kier alpha value is -1.64. The van der Waals surface area contributed by atoms with Gasteiger partial charge in [0.1, 0.15) is 0 Å². The van der Waals surface area contributed by atoms with Crippen molar-refractivity contribution >= 4 is 16.1 Å². The average molecular weight is 423 g/mol. The zero-order valence-corrected chi connectivity index (χ0v) is 17.6. The normalized spacial score (nSPS) is 31.1. The Labute approximate surface area is 172 Å². The van der Waals surface area contributed by atoms with Gasteiger partial charge in [-0.3, -0.25) is 4.90 Å². The summed E-state index contributed by atoms with van der Waals surface area (Å²) in [6.07, 6.45) is 6.33. The van der Waals surface area contributed by atoms with Gasteiger partial charge in [0.05, 0.1) is 25.0 Å². The number of ether oxygens (including phenoxy) is 1. The first kappa shape index (κ1) is 20.6. The maximum atomic E-state index is 11.9. The predicted octanol–water partition coefficient (Wildman–Crippen LogP) is 2.93. The maximum absolute atomic E-state index is 11.9. The number of carboxylic acid groups (broad SMARTS) is 1. The van der Waals surface area contributed by atoms with Gasteiger partial charge in [-0.15, -0.1) is 0 Å². The molecule has 1 amide bonds. The van der Waals surface area contributed by atoms with Crippen molar-refractivity contribution in [3.8, 4) is 0 Å². The van der Waals surface area contributed by atoms with Crippen LogP contribution in [-0.2, 0) is 14.8 Å². The highest BCUT2D eigenvalue weighted by molar-refractivity contribution is 7.88. The van der Waals surface area contributed by atoms with E-state index in [4.69, 9.17) is 4.74 Å². The van der Waals surface area contributed by atoms with Crippen molar-refractivity contribution in [1.82, 2.24) is 9.62 Å². The number of hydrogen-bond acceptors (Lipinski definition) is 4. The van der Waals surface area contributed by atoms with Gasteiger partial charge in [-0.1, -0.05) is 30.3 Å². The lowest BCUT2D eigenvalue weighted by Gasteiger charge is -2.33. The van der Waals surface area contributed by atoms with Crippen LogP contribution in [0.2, 0.25) is 0 Å². The van der Waals surface area contributed by atoms with E-state index in [2.05, 4.69) is 29.0 Å². The lowest BCUT2D eigenvalue weighted by Crippen LogP contribution is -2.50. The smallest absolute Gasteiger partial charge is 0.408 e. The van der Waals surface area contributed by atoms with Gasteiger partial charge in [-0.05, 0) is 56.4 Å². The summed E-state index contributed by atoms with van der Waals surface area (Å²) in [4.78, 5) is 13.4. The van der Waals surface area contributed by atoms with E-state index in [0.29, 0.717) is 12.3 Å². The van der Waals surface area contributed by atoms with E-state index in [1.54, 1.807) is 0 Å². The van der Waals surface area contributed by atoms with E-state index in [1.165, 1.54) is 10.5 Å². The minimum Gasteiger partial charge on any atom is -0.465 e. The van der Waals surface area contributed by atoms with E-state index in [9.17, 15) is 18.3 Å². The number of carbonyl (C=O) groups is 1. The Balaban J connectivity index is 1.37. The number of amides is 1. The van der Waals surface area contributed by atoms with Crippen LogP contribution in [0.4, 0.5) is 4.79 Å². The van der Waals surface area contributed by atoms with Crippen LogP contribution in [0.15, 0.2) is 30.3 Å². The Bertz CT molecular complexity index is 832. The molecular formula is C21H30N2O5S. The highest BCUT2D eigenvalue weighted by atomic mass is 32.2. The average Bonchev–Trinajstić information content (AvgIpc) is 3.36. The standard InChI is InChI=1S/C21H30N2O5S/c1-29(26,27)22-18-13-21(11-12-21)23(20(24)25)19(18)14-28-17-9-7-16(8-10-17)15-5-3-2-4-6-15/h2-6,16-19,22H,7-14H2,1H3,(H,24,25)/t16?,17?,18-,19-/m0/s1. The van der Waals surface area contributed by atoms with Crippen molar-refractivity contribution in [1.29, 1.82) is 0 Å². The van der Waals surface area contributed by atoms with Crippen LogP contribution < -0.4 is 4.72 Å². The van der Waals surface area contributed by atoms with Crippen LogP contribution in [0, 0.1) is 0 Å². The Morgan fingerprint density at radius 3 is 2.41 bits per heavy atom. The zero-order valence-electron chi connectivity index (χ0n) is 16.8. The van der Waals surface area contributed by atoms with Gasteiger partial charge in [0.2, 0.25) is 10.0 Å². The lowest BCUT2D eigenvalue weighted by atomic mass is 9.83. The summed E-state index contributed by atoms with van der Waals surface area (Å²) in [5, 5.41) is 9.77. The number of hydrogen-bond donors (Lipinski definition) is 2. The van der Waals surface area contributed by atoms with Crippen LogP contribution in [0.5, 0.6) is 0 Å². The topological polar surface area (TPSA) is 95.9 Å². The molecular weight excluding hydrogens is 392 g/mol. The highest BCUT2D eigenvalue weighted by Crippen LogP contribution is 2.52. The van der Waals surface area contributed by atoms with Gasteiger partial charge in [0.15, 0.2) is 0 Å². The molecule has 2 atom stereocenters. The van der Waals surface area contributed by atoms with Crippen LogP contribution in [0.1, 0.15) is 56.4 Å². The molecule has 2 aliphatic carbocycles. The first-order valence-corrected chi connectivity index (χ1v) is 12.3. The molecule has 1 saturated heterocycles. The Morgan fingerprint density at radius 1 is 1.21 bits per heavy atom. The zero-order chi connectivity index (χ0) is 20.6. The second kappa shape index (κ2) is 7.89.